The third-order valence-corrected chi connectivity index (χ3v) is 3.34. The predicted octanol–water partition coefficient (Wildman–Crippen LogP) is 4.34. The molecular weight excluding hydrogens is 331 g/mol. The fourth-order valence-electron chi connectivity index (χ4n) is 2.19. The van der Waals surface area contributed by atoms with Gasteiger partial charge in [-0.25, -0.2) is 4.98 Å². The second-order valence-corrected chi connectivity index (χ2v) is 5.13. The standard InChI is InChI=1S/C17H14F3N5/c1-21-16-24-14(13-7-2-3-8-22-13)10-15(25-16)23-12-6-4-5-11(9-12)17(18,19)20/h2-10H,1H3,(H2,21,23,24,25). The number of anilines is 3. The molecule has 0 bridgehead atoms. The molecule has 0 saturated carbocycles. The molecule has 128 valence electrons. The Kier molecular flexibility index (Phi) is 4.51. The summed E-state index contributed by atoms with van der Waals surface area (Å²) in [4.78, 5) is 12.8. The normalized spacial score (nSPS) is 11.2. The van der Waals surface area contributed by atoms with E-state index in [0.29, 0.717) is 23.2 Å². The van der Waals surface area contributed by atoms with Crippen molar-refractivity contribution < 1.29 is 13.2 Å². The van der Waals surface area contributed by atoms with Crippen LogP contribution in [0.2, 0.25) is 0 Å². The molecule has 0 aliphatic carbocycles. The molecule has 25 heavy (non-hydrogen) atoms. The summed E-state index contributed by atoms with van der Waals surface area (Å²) in [5.74, 6) is 0.692. The summed E-state index contributed by atoms with van der Waals surface area (Å²) in [6.07, 6.45) is -2.77. The van der Waals surface area contributed by atoms with Gasteiger partial charge in [0.1, 0.15) is 5.82 Å². The number of benzene rings is 1. The van der Waals surface area contributed by atoms with Gasteiger partial charge in [-0.05, 0) is 30.3 Å². The Morgan fingerprint density at radius 3 is 2.44 bits per heavy atom. The van der Waals surface area contributed by atoms with Crippen LogP contribution < -0.4 is 10.6 Å². The Morgan fingerprint density at radius 2 is 1.76 bits per heavy atom. The van der Waals surface area contributed by atoms with Crippen LogP contribution in [0.3, 0.4) is 0 Å². The molecule has 0 unspecified atom stereocenters. The average molecular weight is 345 g/mol. The molecule has 0 amide bonds. The summed E-state index contributed by atoms with van der Waals surface area (Å²) in [5.41, 5.74) is 0.732. The molecule has 0 aliphatic heterocycles. The molecule has 3 aromatic rings. The molecule has 8 heteroatoms. The van der Waals surface area contributed by atoms with Gasteiger partial charge in [0.25, 0.3) is 0 Å². The van der Waals surface area contributed by atoms with E-state index in [2.05, 4.69) is 25.6 Å². The smallest absolute Gasteiger partial charge is 0.357 e. The van der Waals surface area contributed by atoms with Gasteiger partial charge in [-0.3, -0.25) is 4.98 Å². The fraction of sp³-hybridized carbons (Fsp3) is 0.118. The lowest BCUT2D eigenvalue weighted by Crippen LogP contribution is -2.06. The van der Waals surface area contributed by atoms with Crippen LogP contribution in [0.15, 0.2) is 54.7 Å². The number of aromatic nitrogens is 3. The minimum absolute atomic E-state index is 0.280. The lowest BCUT2D eigenvalue weighted by Gasteiger charge is -2.12. The van der Waals surface area contributed by atoms with Gasteiger partial charge in [0.15, 0.2) is 0 Å². The molecule has 0 saturated heterocycles. The van der Waals surface area contributed by atoms with E-state index in [1.165, 1.54) is 12.1 Å². The molecule has 2 N–H and O–H groups in total. The van der Waals surface area contributed by atoms with Crippen molar-refractivity contribution in [3.8, 4) is 11.4 Å². The van der Waals surface area contributed by atoms with Crippen molar-refractivity contribution in [1.82, 2.24) is 15.0 Å². The topological polar surface area (TPSA) is 62.7 Å². The van der Waals surface area contributed by atoms with Gasteiger partial charge in [0.2, 0.25) is 5.95 Å². The Morgan fingerprint density at radius 1 is 0.920 bits per heavy atom. The molecule has 0 fully saturated rings. The number of nitrogens with one attached hydrogen (secondary N) is 2. The molecule has 2 aromatic heterocycles. The van der Waals surface area contributed by atoms with E-state index in [9.17, 15) is 13.2 Å². The van der Waals surface area contributed by atoms with E-state index in [1.54, 1.807) is 31.4 Å². The van der Waals surface area contributed by atoms with Crippen molar-refractivity contribution >= 4 is 17.5 Å². The maximum absolute atomic E-state index is 12.8. The highest BCUT2D eigenvalue weighted by molar-refractivity contribution is 5.65. The summed E-state index contributed by atoms with van der Waals surface area (Å²) in [6, 6.07) is 11.9. The second kappa shape index (κ2) is 6.76. The number of pyridine rings is 1. The molecule has 0 spiro atoms. The van der Waals surface area contributed by atoms with Crippen LogP contribution in [0.25, 0.3) is 11.4 Å². The first-order valence-electron chi connectivity index (χ1n) is 7.38. The number of nitrogens with zero attached hydrogens (tertiary/aromatic N) is 3. The third kappa shape index (κ3) is 4.03. The van der Waals surface area contributed by atoms with Crippen LogP contribution in [0.5, 0.6) is 0 Å². The van der Waals surface area contributed by atoms with Gasteiger partial charge in [-0.15, -0.1) is 0 Å². The summed E-state index contributed by atoms with van der Waals surface area (Å²) >= 11 is 0. The number of hydrogen-bond acceptors (Lipinski definition) is 5. The predicted molar refractivity (Wildman–Crippen MR) is 89.5 cm³/mol. The van der Waals surface area contributed by atoms with E-state index in [-0.39, 0.29) is 5.69 Å². The van der Waals surface area contributed by atoms with E-state index in [4.69, 9.17) is 0 Å². The lowest BCUT2D eigenvalue weighted by atomic mass is 10.2. The zero-order valence-electron chi connectivity index (χ0n) is 13.2. The summed E-state index contributed by atoms with van der Waals surface area (Å²) in [7, 11) is 1.66. The number of halogens is 3. The first-order chi connectivity index (χ1) is 12.0. The minimum atomic E-state index is -4.40. The lowest BCUT2D eigenvalue weighted by molar-refractivity contribution is -0.137. The van der Waals surface area contributed by atoms with Gasteiger partial charge >= 0.3 is 6.18 Å². The second-order valence-electron chi connectivity index (χ2n) is 5.13. The first-order valence-corrected chi connectivity index (χ1v) is 7.38. The monoisotopic (exact) mass is 345 g/mol. The first kappa shape index (κ1) is 16.7. The molecule has 0 radical (unpaired) electrons. The Balaban J connectivity index is 1.95. The Hall–Kier alpha value is -3.16. The van der Waals surface area contributed by atoms with Crippen LogP contribution in [-0.4, -0.2) is 22.0 Å². The zero-order valence-corrected chi connectivity index (χ0v) is 13.2. The van der Waals surface area contributed by atoms with Crippen molar-refractivity contribution in [1.29, 1.82) is 0 Å². The summed E-state index contributed by atoms with van der Waals surface area (Å²) in [5, 5.41) is 5.71. The van der Waals surface area contributed by atoms with Crippen LogP contribution in [0, 0.1) is 0 Å². The van der Waals surface area contributed by atoms with Crippen molar-refractivity contribution in [3.05, 3.63) is 60.3 Å². The van der Waals surface area contributed by atoms with Gasteiger partial charge in [-0.2, -0.15) is 18.2 Å². The summed E-state index contributed by atoms with van der Waals surface area (Å²) < 4.78 is 38.5. The number of hydrogen-bond donors (Lipinski definition) is 2. The van der Waals surface area contributed by atoms with Gasteiger partial charge in [0.05, 0.1) is 17.0 Å². The van der Waals surface area contributed by atoms with Gasteiger partial charge < -0.3 is 10.6 Å². The molecular formula is C17H14F3N5. The molecule has 3 rings (SSSR count). The van der Waals surface area contributed by atoms with Crippen LogP contribution in [0.1, 0.15) is 5.56 Å². The van der Waals surface area contributed by atoms with Crippen LogP contribution in [-0.2, 0) is 6.18 Å². The highest BCUT2D eigenvalue weighted by atomic mass is 19.4. The van der Waals surface area contributed by atoms with Gasteiger partial charge in [-0.1, -0.05) is 12.1 Å². The molecule has 5 nitrogen and oxygen atoms in total. The van der Waals surface area contributed by atoms with Crippen LogP contribution >= 0.6 is 0 Å². The number of alkyl halides is 3. The zero-order chi connectivity index (χ0) is 17.9. The quantitative estimate of drug-likeness (QED) is 0.736. The van der Waals surface area contributed by atoms with Crippen molar-refractivity contribution in [3.63, 3.8) is 0 Å². The molecule has 0 atom stereocenters. The number of rotatable bonds is 4. The molecule has 0 aliphatic rings. The van der Waals surface area contributed by atoms with E-state index in [1.807, 2.05) is 6.07 Å². The highest BCUT2D eigenvalue weighted by Crippen LogP contribution is 2.31. The van der Waals surface area contributed by atoms with Crippen molar-refractivity contribution in [2.75, 3.05) is 17.7 Å². The third-order valence-electron chi connectivity index (χ3n) is 3.34. The maximum Gasteiger partial charge on any atom is 0.416 e. The SMILES string of the molecule is CNc1nc(Nc2cccc(C(F)(F)F)c2)cc(-c2ccccn2)n1. The van der Waals surface area contributed by atoms with Crippen molar-refractivity contribution in [2.45, 2.75) is 6.18 Å². The fourth-order valence-corrected chi connectivity index (χ4v) is 2.19. The van der Waals surface area contributed by atoms with Crippen molar-refractivity contribution in [2.24, 2.45) is 0 Å². The van der Waals surface area contributed by atoms with Gasteiger partial charge in [0, 0.05) is 25.0 Å². The maximum atomic E-state index is 12.8. The van der Waals surface area contributed by atoms with E-state index < -0.39 is 11.7 Å². The van der Waals surface area contributed by atoms with Crippen LogP contribution in [0.4, 0.5) is 30.6 Å². The molecule has 2 heterocycles. The summed E-state index contributed by atoms with van der Waals surface area (Å²) in [6.45, 7) is 0. The molecule has 1 aromatic carbocycles. The Labute approximate surface area is 142 Å². The minimum Gasteiger partial charge on any atom is -0.357 e. The Bertz CT molecular complexity index is 866. The van der Waals surface area contributed by atoms with E-state index in [0.717, 1.165) is 12.1 Å². The largest absolute Gasteiger partial charge is 0.416 e. The van der Waals surface area contributed by atoms with E-state index >= 15 is 0 Å². The average Bonchev–Trinajstić information content (AvgIpc) is 2.61. The highest BCUT2D eigenvalue weighted by Gasteiger charge is 2.30.